The van der Waals surface area contributed by atoms with Crippen LogP contribution < -0.4 is 19.1 Å². The first-order valence-electron chi connectivity index (χ1n) is 13.0. The maximum atomic E-state index is 14.0. The number of carbonyl (C=O) groups excluding carboxylic acids is 2. The van der Waals surface area contributed by atoms with Crippen LogP contribution in [0.5, 0.6) is 11.5 Å². The summed E-state index contributed by atoms with van der Waals surface area (Å²) in [6.45, 7) is 5.22. The van der Waals surface area contributed by atoms with E-state index in [4.69, 9.17) is 9.47 Å². The molecule has 1 N–H and O–H groups in total. The van der Waals surface area contributed by atoms with Crippen LogP contribution in [0.3, 0.4) is 0 Å². The van der Waals surface area contributed by atoms with Crippen molar-refractivity contribution < 1.29 is 31.9 Å². The number of fused-ring (bicyclic) bond motifs is 1. The molecule has 0 aliphatic carbocycles. The Morgan fingerprint density at radius 2 is 1.59 bits per heavy atom. The number of amides is 2. The quantitative estimate of drug-likeness (QED) is 0.348. The van der Waals surface area contributed by atoms with Crippen LogP contribution in [0.1, 0.15) is 26.3 Å². The second-order valence-electron chi connectivity index (χ2n) is 9.78. The van der Waals surface area contributed by atoms with E-state index in [9.17, 15) is 22.4 Å². The second-order valence-corrected chi connectivity index (χ2v) is 12.6. The molecule has 1 atom stereocenters. The van der Waals surface area contributed by atoms with Gasteiger partial charge in [0.1, 0.15) is 31.6 Å². The Morgan fingerprint density at radius 3 is 2.22 bits per heavy atom. The number of halogens is 2. The lowest BCUT2D eigenvalue weighted by Crippen LogP contribution is -2.52. The first-order valence-corrected chi connectivity index (χ1v) is 15.2. The van der Waals surface area contributed by atoms with Gasteiger partial charge in [0.25, 0.3) is 10.0 Å². The molecule has 2 amide bonds. The highest BCUT2D eigenvalue weighted by Gasteiger charge is 2.33. The number of carbonyl (C=O) groups is 2. The first-order chi connectivity index (χ1) is 19.5. The van der Waals surface area contributed by atoms with Crippen molar-refractivity contribution in [3.05, 3.63) is 82.6 Å². The minimum atomic E-state index is -4.35. The van der Waals surface area contributed by atoms with Crippen LogP contribution >= 0.6 is 15.9 Å². The molecule has 1 aliphatic heterocycles. The standard InChI is InChI=1S/C29H31BrFN3O6S/c1-19(2)32-29(36)20(3)33(17-21-4-6-22(30)7-5-21)28(35)18-34(24-10-8-23(31)9-11-24)41(37,38)25-12-13-26-27(16-25)40-15-14-39-26/h4-13,16,19-20H,14-15,17-18H2,1-3H3,(H,32,36). The van der Waals surface area contributed by atoms with E-state index in [-0.39, 0.29) is 41.4 Å². The van der Waals surface area contributed by atoms with Gasteiger partial charge in [-0.3, -0.25) is 13.9 Å². The van der Waals surface area contributed by atoms with Crippen molar-refractivity contribution in [1.82, 2.24) is 10.2 Å². The maximum absolute atomic E-state index is 14.0. The summed E-state index contributed by atoms with van der Waals surface area (Å²) in [6, 6.07) is 15.1. The molecule has 0 aromatic heterocycles. The summed E-state index contributed by atoms with van der Waals surface area (Å²) >= 11 is 3.39. The maximum Gasteiger partial charge on any atom is 0.264 e. The highest BCUT2D eigenvalue weighted by atomic mass is 79.9. The third kappa shape index (κ3) is 7.36. The van der Waals surface area contributed by atoms with Crippen LogP contribution in [0.15, 0.2) is 76.1 Å². The van der Waals surface area contributed by atoms with E-state index in [2.05, 4.69) is 21.2 Å². The average Bonchev–Trinajstić information content (AvgIpc) is 2.95. The van der Waals surface area contributed by atoms with Gasteiger partial charge >= 0.3 is 0 Å². The molecular formula is C29H31BrFN3O6S. The average molecular weight is 649 g/mol. The van der Waals surface area contributed by atoms with Gasteiger partial charge in [-0.05, 0) is 74.9 Å². The normalized spacial score (nSPS) is 13.4. The summed E-state index contributed by atoms with van der Waals surface area (Å²) < 4.78 is 54.6. The van der Waals surface area contributed by atoms with Gasteiger partial charge in [0.15, 0.2) is 11.5 Å². The van der Waals surface area contributed by atoms with E-state index in [0.29, 0.717) is 12.4 Å². The van der Waals surface area contributed by atoms with Crippen molar-refractivity contribution in [3.63, 3.8) is 0 Å². The molecule has 218 valence electrons. The molecule has 0 saturated heterocycles. The molecule has 4 rings (SSSR count). The Morgan fingerprint density at radius 1 is 0.951 bits per heavy atom. The van der Waals surface area contributed by atoms with E-state index >= 15 is 0 Å². The number of nitrogens with zero attached hydrogens (tertiary/aromatic N) is 2. The fourth-order valence-corrected chi connectivity index (χ4v) is 5.92. The number of sulfonamides is 1. The van der Waals surface area contributed by atoms with Crippen molar-refractivity contribution in [1.29, 1.82) is 0 Å². The number of nitrogens with one attached hydrogen (secondary N) is 1. The fourth-order valence-electron chi connectivity index (χ4n) is 4.22. The third-order valence-electron chi connectivity index (χ3n) is 6.36. The highest BCUT2D eigenvalue weighted by molar-refractivity contribution is 9.10. The van der Waals surface area contributed by atoms with Crippen LogP contribution in [0, 0.1) is 5.82 Å². The van der Waals surface area contributed by atoms with Gasteiger partial charge in [-0.15, -0.1) is 0 Å². The number of hydrogen-bond donors (Lipinski definition) is 1. The van der Waals surface area contributed by atoms with Crippen molar-refractivity contribution >= 4 is 43.5 Å². The van der Waals surface area contributed by atoms with Crippen molar-refractivity contribution in [3.8, 4) is 11.5 Å². The SMILES string of the molecule is CC(C)NC(=O)C(C)N(Cc1ccc(Br)cc1)C(=O)CN(c1ccc(F)cc1)S(=O)(=O)c1ccc2c(c1)OCCO2. The molecule has 1 heterocycles. The van der Waals surface area contributed by atoms with Gasteiger partial charge in [-0.2, -0.15) is 0 Å². The summed E-state index contributed by atoms with van der Waals surface area (Å²) in [7, 11) is -4.35. The molecule has 12 heteroatoms. The summed E-state index contributed by atoms with van der Waals surface area (Å²) in [5.74, 6) is -0.894. The smallest absolute Gasteiger partial charge is 0.264 e. The topological polar surface area (TPSA) is 105 Å². The zero-order chi connectivity index (χ0) is 29.7. The minimum absolute atomic E-state index is 0.0557. The van der Waals surface area contributed by atoms with Gasteiger partial charge < -0.3 is 19.7 Å². The molecule has 1 aliphatic rings. The first kappa shape index (κ1) is 30.3. The van der Waals surface area contributed by atoms with E-state index in [1.54, 1.807) is 19.1 Å². The van der Waals surface area contributed by atoms with Crippen LogP contribution in [-0.4, -0.2) is 57.0 Å². The van der Waals surface area contributed by atoms with Gasteiger partial charge in [-0.1, -0.05) is 28.1 Å². The lowest BCUT2D eigenvalue weighted by Gasteiger charge is -2.32. The monoisotopic (exact) mass is 647 g/mol. The van der Waals surface area contributed by atoms with E-state index in [1.807, 2.05) is 26.0 Å². The lowest BCUT2D eigenvalue weighted by molar-refractivity contribution is -0.139. The zero-order valence-electron chi connectivity index (χ0n) is 22.8. The fraction of sp³-hybridized carbons (Fsp3) is 0.310. The summed E-state index contributed by atoms with van der Waals surface area (Å²) in [6.07, 6.45) is 0. The minimum Gasteiger partial charge on any atom is -0.486 e. The summed E-state index contributed by atoms with van der Waals surface area (Å²) in [4.78, 5) is 28.1. The lowest BCUT2D eigenvalue weighted by atomic mass is 10.1. The predicted octanol–water partition coefficient (Wildman–Crippen LogP) is 4.50. The molecule has 0 spiro atoms. The van der Waals surface area contributed by atoms with Crippen LogP contribution in [0.2, 0.25) is 0 Å². The number of benzene rings is 3. The molecule has 0 saturated carbocycles. The number of anilines is 1. The van der Waals surface area contributed by atoms with Crippen molar-refractivity contribution in [2.24, 2.45) is 0 Å². The van der Waals surface area contributed by atoms with Crippen LogP contribution in [-0.2, 0) is 26.2 Å². The molecule has 1 unspecified atom stereocenters. The summed E-state index contributed by atoms with van der Waals surface area (Å²) in [5.41, 5.74) is 0.825. The van der Waals surface area contributed by atoms with E-state index in [0.717, 1.165) is 26.5 Å². The Balaban J connectivity index is 1.72. The second kappa shape index (κ2) is 12.9. The number of hydrogen-bond acceptors (Lipinski definition) is 6. The van der Waals surface area contributed by atoms with Crippen LogP contribution in [0.25, 0.3) is 0 Å². The summed E-state index contributed by atoms with van der Waals surface area (Å²) in [5, 5.41) is 2.81. The number of ether oxygens (including phenoxy) is 2. The molecule has 0 bridgehead atoms. The molecular weight excluding hydrogens is 617 g/mol. The molecule has 0 fully saturated rings. The molecule has 3 aromatic carbocycles. The van der Waals surface area contributed by atoms with E-state index < -0.39 is 34.3 Å². The van der Waals surface area contributed by atoms with Crippen molar-refractivity contribution in [2.45, 2.75) is 44.3 Å². The Labute approximate surface area is 247 Å². The van der Waals surface area contributed by atoms with Gasteiger partial charge in [0, 0.05) is 23.1 Å². The zero-order valence-corrected chi connectivity index (χ0v) is 25.2. The molecule has 3 aromatic rings. The third-order valence-corrected chi connectivity index (χ3v) is 8.66. The Kier molecular flexibility index (Phi) is 9.54. The molecule has 0 radical (unpaired) electrons. The predicted molar refractivity (Wildman–Crippen MR) is 156 cm³/mol. The van der Waals surface area contributed by atoms with Crippen molar-refractivity contribution in [2.75, 3.05) is 24.1 Å². The van der Waals surface area contributed by atoms with E-state index in [1.165, 1.54) is 35.2 Å². The highest BCUT2D eigenvalue weighted by Crippen LogP contribution is 2.34. The van der Waals surface area contributed by atoms with Gasteiger partial charge in [0.05, 0.1) is 10.6 Å². The van der Waals surface area contributed by atoms with Crippen LogP contribution in [0.4, 0.5) is 10.1 Å². The Hall–Kier alpha value is -3.64. The Bertz CT molecular complexity index is 1500. The largest absolute Gasteiger partial charge is 0.486 e. The molecule has 9 nitrogen and oxygen atoms in total. The molecule has 41 heavy (non-hydrogen) atoms. The number of rotatable bonds is 10. The van der Waals surface area contributed by atoms with Gasteiger partial charge in [0.2, 0.25) is 11.8 Å². The van der Waals surface area contributed by atoms with Gasteiger partial charge in [-0.25, -0.2) is 12.8 Å².